The lowest BCUT2D eigenvalue weighted by Gasteiger charge is -2.36. The number of pyridine rings is 1. The first-order chi connectivity index (χ1) is 28.2. The zero-order chi connectivity index (χ0) is 39.7. The normalized spacial score (nSPS) is 18.6. The Morgan fingerprint density at radius 2 is 1.76 bits per heavy atom. The molecule has 1 saturated carbocycles. The van der Waals surface area contributed by atoms with Crippen molar-refractivity contribution in [3.05, 3.63) is 94.3 Å². The van der Waals surface area contributed by atoms with Crippen molar-refractivity contribution in [2.75, 3.05) is 54.9 Å². The second kappa shape index (κ2) is 14.1. The Morgan fingerprint density at radius 1 is 0.931 bits per heavy atom. The van der Waals surface area contributed by atoms with Gasteiger partial charge < -0.3 is 20.4 Å². The molecule has 3 amide bonds. The van der Waals surface area contributed by atoms with Crippen molar-refractivity contribution in [3.8, 4) is 11.3 Å². The van der Waals surface area contributed by atoms with E-state index in [1.807, 2.05) is 31.4 Å². The number of aromatic nitrogens is 6. The van der Waals surface area contributed by atoms with Crippen LogP contribution in [0, 0.1) is 0 Å². The number of para-hydroxylation sites is 1. The van der Waals surface area contributed by atoms with Gasteiger partial charge in [-0.1, -0.05) is 24.3 Å². The molecule has 4 aromatic heterocycles. The minimum Gasteiger partial charge on any atom is -0.385 e. The first kappa shape index (κ1) is 35.8. The number of imidazole rings is 2. The van der Waals surface area contributed by atoms with Crippen molar-refractivity contribution in [2.45, 2.75) is 50.7 Å². The minimum absolute atomic E-state index is 0.164. The lowest BCUT2D eigenvalue weighted by atomic mass is 10.0. The van der Waals surface area contributed by atoms with Crippen molar-refractivity contribution in [3.63, 3.8) is 0 Å². The average molecular weight is 781 g/mol. The molecule has 4 aliphatic rings. The lowest BCUT2D eigenvalue weighted by Crippen LogP contribution is -2.46. The Kier molecular flexibility index (Phi) is 8.73. The summed E-state index contributed by atoms with van der Waals surface area (Å²) in [7, 11) is 3.60. The SMILES string of the molecule is CNc1cc(N2CCc3c(-c4cc(N5CCN(Cc6cccc7c6n(C)c(=O)n7C6CCC(=O)NC6=O)CC5)ccn4)cccc32)nn2c(C(=O)NC3CC3)cnc12. The average Bonchev–Trinajstić information content (AvgIpc) is 3.66. The number of fused-ring (bicyclic) bond motifs is 3. The van der Waals surface area contributed by atoms with Crippen LogP contribution in [-0.4, -0.2) is 97.2 Å². The van der Waals surface area contributed by atoms with E-state index in [0.717, 1.165) is 97.2 Å². The van der Waals surface area contributed by atoms with Crippen LogP contribution in [0.2, 0.25) is 0 Å². The van der Waals surface area contributed by atoms with Crippen LogP contribution >= 0.6 is 0 Å². The predicted octanol–water partition coefficient (Wildman–Crippen LogP) is 3.37. The number of benzene rings is 2. The van der Waals surface area contributed by atoms with Gasteiger partial charge in [0.1, 0.15) is 6.04 Å². The number of carbonyl (C=O) groups is 3. The Morgan fingerprint density at radius 3 is 2.55 bits per heavy atom. The highest BCUT2D eigenvalue weighted by atomic mass is 16.2. The van der Waals surface area contributed by atoms with Crippen molar-refractivity contribution in [1.82, 2.24) is 44.2 Å². The fourth-order valence-electron chi connectivity index (χ4n) is 8.87. The molecule has 16 nitrogen and oxygen atoms in total. The van der Waals surface area contributed by atoms with Crippen molar-refractivity contribution in [1.29, 1.82) is 0 Å². The van der Waals surface area contributed by atoms with Crippen LogP contribution in [0.3, 0.4) is 0 Å². The molecule has 3 aliphatic heterocycles. The summed E-state index contributed by atoms with van der Waals surface area (Å²) in [5.41, 5.74) is 9.50. The summed E-state index contributed by atoms with van der Waals surface area (Å²) in [6.45, 7) is 4.72. The molecule has 7 heterocycles. The first-order valence-corrected chi connectivity index (χ1v) is 20.0. The molecule has 2 saturated heterocycles. The number of carbonyl (C=O) groups excluding carboxylic acids is 3. The van der Waals surface area contributed by atoms with Gasteiger partial charge in [0, 0.05) is 95.0 Å². The van der Waals surface area contributed by atoms with Crippen LogP contribution in [0.1, 0.15) is 53.3 Å². The summed E-state index contributed by atoms with van der Waals surface area (Å²) in [6, 6.07) is 18.0. The number of rotatable bonds is 9. The molecule has 3 fully saturated rings. The zero-order valence-corrected chi connectivity index (χ0v) is 32.4. The van der Waals surface area contributed by atoms with Crippen LogP contribution in [0.15, 0.2) is 71.8 Å². The van der Waals surface area contributed by atoms with Crippen LogP contribution in [0.25, 0.3) is 27.9 Å². The van der Waals surface area contributed by atoms with Gasteiger partial charge in [-0.25, -0.2) is 14.3 Å². The zero-order valence-electron chi connectivity index (χ0n) is 32.4. The molecule has 1 unspecified atom stereocenters. The molecule has 296 valence electrons. The van der Waals surface area contributed by atoms with Gasteiger partial charge in [-0.05, 0) is 61.1 Å². The molecule has 1 atom stereocenters. The molecule has 0 bridgehead atoms. The van der Waals surface area contributed by atoms with Crippen molar-refractivity contribution in [2.24, 2.45) is 7.05 Å². The second-order valence-corrected chi connectivity index (χ2v) is 15.6. The highest BCUT2D eigenvalue weighted by molar-refractivity contribution is 6.00. The van der Waals surface area contributed by atoms with E-state index in [-0.39, 0.29) is 30.0 Å². The van der Waals surface area contributed by atoms with E-state index >= 15 is 0 Å². The van der Waals surface area contributed by atoms with Gasteiger partial charge in [-0.15, -0.1) is 5.10 Å². The van der Waals surface area contributed by atoms with E-state index in [4.69, 9.17) is 10.1 Å². The van der Waals surface area contributed by atoms with Gasteiger partial charge in [0.2, 0.25) is 11.8 Å². The van der Waals surface area contributed by atoms with E-state index in [0.29, 0.717) is 29.8 Å². The van der Waals surface area contributed by atoms with Crippen molar-refractivity contribution >= 4 is 57.3 Å². The third kappa shape index (κ3) is 6.14. The molecule has 2 aromatic carbocycles. The maximum atomic E-state index is 13.5. The lowest BCUT2D eigenvalue weighted by molar-refractivity contribution is -0.135. The standard InChI is InChI=1S/C42H44N12O4/c1-43-31-22-36(48-54-35(23-45-39(31)54)41(57)46-26-9-10-26)52-16-14-29-28(6-4-7-32(29)52)30-21-27(13-15-44-30)51-19-17-50(18-20-51)24-25-5-3-8-33-38(25)49(2)42(58)53(33)34-11-12-37(55)47-40(34)56/h3-8,13,15,21-23,26,34,43H,9-12,14,16-20,24H2,1-2H3,(H,46,57)(H,47,55,56). The van der Waals surface area contributed by atoms with Crippen LogP contribution < -0.4 is 31.4 Å². The van der Waals surface area contributed by atoms with E-state index in [9.17, 15) is 19.2 Å². The molecule has 10 rings (SSSR count). The summed E-state index contributed by atoms with van der Waals surface area (Å²) in [6.07, 6.45) is 6.81. The molecule has 6 aromatic rings. The highest BCUT2D eigenvalue weighted by Crippen LogP contribution is 2.40. The Hall–Kier alpha value is -6.55. The number of piperidine rings is 1. The molecule has 0 radical (unpaired) electrons. The van der Waals surface area contributed by atoms with E-state index in [2.05, 4.69) is 72.0 Å². The summed E-state index contributed by atoms with van der Waals surface area (Å²) in [5, 5.41) is 13.6. The molecule has 1 aliphatic carbocycles. The molecule has 58 heavy (non-hydrogen) atoms. The number of imide groups is 1. The monoisotopic (exact) mass is 780 g/mol. The number of anilines is 4. The molecular weight excluding hydrogens is 737 g/mol. The van der Waals surface area contributed by atoms with Gasteiger partial charge in [0.25, 0.3) is 5.91 Å². The Labute approximate surface area is 333 Å². The number of aryl methyl sites for hydroxylation is 1. The number of piperazine rings is 1. The van der Waals surface area contributed by atoms with E-state index in [1.54, 1.807) is 26.9 Å². The van der Waals surface area contributed by atoms with Gasteiger partial charge in [-0.2, -0.15) is 0 Å². The van der Waals surface area contributed by atoms with Gasteiger partial charge >= 0.3 is 5.69 Å². The number of nitrogens with one attached hydrogen (secondary N) is 3. The van der Waals surface area contributed by atoms with E-state index in [1.165, 1.54) is 5.56 Å². The smallest absolute Gasteiger partial charge is 0.329 e. The molecule has 16 heteroatoms. The summed E-state index contributed by atoms with van der Waals surface area (Å²) in [4.78, 5) is 67.4. The van der Waals surface area contributed by atoms with Gasteiger partial charge in [0.05, 0.1) is 28.6 Å². The third-order valence-corrected chi connectivity index (χ3v) is 12.0. The first-order valence-electron chi connectivity index (χ1n) is 20.0. The van der Waals surface area contributed by atoms with Crippen LogP contribution in [-0.2, 0) is 29.6 Å². The van der Waals surface area contributed by atoms with Gasteiger partial charge in [-0.3, -0.25) is 38.7 Å². The summed E-state index contributed by atoms with van der Waals surface area (Å²) >= 11 is 0. The second-order valence-electron chi connectivity index (χ2n) is 15.6. The maximum absolute atomic E-state index is 13.5. The quantitative estimate of drug-likeness (QED) is 0.184. The van der Waals surface area contributed by atoms with Crippen molar-refractivity contribution < 1.29 is 14.4 Å². The Balaban J connectivity index is 0.862. The molecular formula is C42H44N12O4. The fraction of sp³-hybridized carbons (Fsp3) is 0.357. The van der Waals surface area contributed by atoms with Crippen LogP contribution in [0.5, 0.6) is 0 Å². The largest absolute Gasteiger partial charge is 0.385 e. The van der Waals surface area contributed by atoms with Crippen LogP contribution in [0.4, 0.5) is 22.9 Å². The molecule has 3 N–H and O–H groups in total. The highest BCUT2D eigenvalue weighted by Gasteiger charge is 2.33. The number of amides is 3. The topological polar surface area (TPSA) is 167 Å². The number of hydrogen-bond donors (Lipinski definition) is 3. The summed E-state index contributed by atoms with van der Waals surface area (Å²) < 4.78 is 4.82. The Bertz CT molecular complexity index is 2700. The third-order valence-electron chi connectivity index (χ3n) is 12.0. The fourth-order valence-corrected chi connectivity index (χ4v) is 8.87. The van der Waals surface area contributed by atoms with E-state index < -0.39 is 11.9 Å². The minimum atomic E-state index is -0.712. The predicted molar refractivity (Wildman–Crippen MR) is 219 cm³/mol. The van der Waals surface area contributed by atoms with Gasteiger partial charge in [0.15, 0.2) is 17.2 Å². The summed E-state index contributed by atoms with van der Waals surface area (Å²) in [5.74, 6) is -0.166. The number of hydrogen-bond acceptors (Lipinski definition) is 11. The number of nitrogens with zero attached hydrogens (tertiary/aromatic N) is 9. The molecule has 0 spiro atoms. The maximum Gasteiger partial charge on any atom is 0.329 e.